The van der Waals surface area contributed by atoms with Crippen LogP contribution in [0.5, 0.6) is 5.75 Å². The molecule has 2 aromatic rings. The fraction of sp³-hybridized carbons (Fsp3) is 0.250. The van der Waals surface area contributed by atoms with Crippen LogP contribution in [0.1, 0.15) is 24.1 Å². The maximum absolute atomic E-state index is 14.0. The lowest BCUT2D eigenvalue weighted by Crippen LogP contribution is -2.13. The number of hydrogen-bond acceptors (Lipinski definition) is 2. The van der Waals surface area contributed by atoms with Gasteiger partial charge in [-0.05, 0) is 38.2 Å². The Morgan fingerprint density at radius 1 is 1.19 bits per heavy atom. The molecule has 0 saturated carbocycles. The molecule has 1 unspecified atom stereocenters. The monoisotopic (exact) mass is 311 g/mol. The Morgan fingerprint density at radius 2 is 1.95 bits per heavy atom. The van der Waals surface area contributed by atoms with Gasteiger partial charge in [-0.3, -0.25) is 0 Å². The molecule has 21 heavy (non-hydrogen) atoms. The first-order valence-electron chi connectivity index (χ1n) is 6.54. The van der Waals surface area contributed by atoms with Crippen molar-refractivity contribution in [2.24, 2.45) is 0 Å². The summed E-state index contributed by atoms with van der Waals surface area (Å²) in [5.41, 5.74) is 1.08. The van der Waals surface area contributed by atoms with Crippen molar-refractivity contribution >= 4 is 11.6 Å². The van der Waals surface area contributed by atoms with Gasteiger partial charge in [-0.2, -0.15) is 0 Å². The summed E-state index contributed by atoms with van der Waals surface area (Å²) in [5.74, 6) is -0.359. The predicted octanol–water partition coefficient (Wildman–Crippen LogP) is 4.48. The molecule has 5 heteroatoms. The molecule has 0 heterocycles. The van der Waals surface area contributed by atoms with E-state index in [-0.39, 0.29) is 24.3 Å². The first-order valence-corrected chi connectivity index (χ1v) is 6.92. The average molecular weight is 312 g/mol. The molecule has 0 amide bonds. The number of nitrogens with one attached hydrogen (secondary N) is 1. The van der Waals surface area contributed by atoms with Crippen LogP contribution < -0.4 is 10.1 Å². The Morgan fingerprint density at radius 3 is 2.62 bits per heavy atom. The smallest absolute Gasteiger partial charge is 0.131 e. The molecule has 0 saturated heterocycles. The number of hydrogen-bond donors (Lipinski definition) is 1. The second kappa shape index (κ2) is 6.87. The van der Waals surface area contributed by atoms with E-state index in [0.717, 1.165) is 0 Å². The van der Waals surface area contributed by atoms with Crippen molar-refractivity contribution in [1.29, 1.82) is 0 Å². The SMILES string of the molecule is CNC(C)c1ccc(OCc2cc(F)ccc2Cl)cc1F. The fourth-order valence-electron chi connectivity index (χ4n) is 1.92. The van der Waals surface area contributed by atoms with Crippen molar-refractivity contribution in [2.75, 3.05) is 7.05 Å². The summed E-state index contributed by atoms with van der Waals surface area (Å²) in [5, 5.41) is 3.39. The van der Waals surface area contributed by atoms with Crippen LogP contribution in [0, 0.1) is 11.6 Å². The summed E-state index contributed by atoms with van der Waals surface area (Å²) < 4.78 is 32.6. The van der Waals surface area contributed by atoms with E-state index in [9.17, 15) is 8.78 Å². The molecule has 0 spiro atoms. The minimum absolute atomic E-state index is 0.0803. The lowest BCUT2D eigenvalue weighted by Gasteiger charge is -2.13. The summed E-state index contributed by atoms with van der Waals surface area (Å²) in [6.07, 6.45) is 0. The lowest BCUT2D eigenvalue weighted by molar-refractivity contribution is 0.303. The van der Waals surface area contributed by atoms with Crippen molar-refractivity contribution in [3.05, 3.63) is 64.2 Å². The number of rotatable bonds is 5. The summed E-state index contributed by atoms with van der Waals surface area (Å²) in [4.78, 5) is 0. The van der Waals surface area contributed by atoms with E-state index in [1.165, 1.54) is 24.3 Å². The topological polar surface area (TPSA) is 21.3 Å². The molecule has 1 atom stereocenters. The van der Waals surface area contributed by atoms with Crippen LogP contribution >= 0.6 is 11.6 Å². The lowest BCUT2D eigenvalue weighted by atomic mass is 10.1. The van der Waals surface area contributed by atoms with E-state index < -0.39 is 0 Å². The van der Waals surface area contributed by atoms with Gasteiger partial charge in [-0.1, -0.05) is 17.7 Å². The normalized spacial score (nSPS) is 12.2. The van der Waals surface area contributed by atoms with Crippen LogP contribution in [-0.2, 0) is 6.61 Å². The highest BCUT2D eigenvalue weighted by Gasteiger charge is 2.10. The standard InChI is InChI=1S/C16H16ClF2NO/c1-10(20-2)14-5-4-13(8-16(14)19)21-9-11-7-12(18)3-6-15(11)17/h3-8,10,20H,9H2,1-2H3. The highest BCUT2D eigenvalue weighted by molar-refractivity contribution is 6.31. The molecule has 0 fully saturated rings. The molecule has 2 nitrogen and oxygen atoms in total. The van der Waals surface area contributed by atoms with Gasteiger partial charge in [0, 0.05) is 28.3 Å². The van der Waals surface area contributed by atoms with Crippen molar-refractivity contribution in [3.63, 3.8) is 0 Å². The largest absolute Gasteiger partial charge is 0.489 e. The second-order valence-corrected chi connectivity index (χ2v) is 5.13. The van der Waals surface area contributed by atoms with Crippen LogP contribution in [0.4, 0.5) is 8.78 Å². The summed E-state index contributed by atoms with van der Waals surface area (Å²) in [7, 11) is 1.76. The van der Waals surface area contributed by atoms with Gasteiger partial charge in [0.05, 0.1) is 0 Å². The van der Waals surface area contributed by atoms with Crippen LogP contribution in [0.15, 0.2) is 36.4 Å². The van der Waals surface area contributed by atoms with Crippen molar-refractivity contribution in [1.82, 2.24) is 5.32 Å². The Labute approximate surface area is 127 Å². The Bertz CT molecular complexity index is 634. The summed E-state index contributed by atoms with van der Waals surface area (Å²) >= 11 is 5.95. The van der Waals surface area contributed by atoms with Crippen LogP contribution in [0.25, 0.3) is 0 Å². The number of ether oxygens (including phenoxy) is 1. The molecule has 0 aliphatic heterocycles. The van der Waals surface area contributed by atoms with Gasteiger partial charge >= 0.3 is 0 Å². The van der Waals surface area contributed by atoms with E-state index in [2.05, 4.69) is 5.32 Å². The number of halogens is 3. The molecule has 0 bridgehead atoms. The van der Waals surface area contributed by atoms with E-state index in [1.807, 2.05) is 6.92 Å². The molecule has 2 rings (SSSR count). The van der Waals surface area contributed by atoms with E-state index in [1.54, 1.807) is 19.2 Å². The molecule has 0 aliphatic rings. The van der Waals surface area contributed by atoms with Crippen molar-refractivity contribution in [3.8, 4) is 5.75 Å². The van der Waals surface area contributed by atoms with Gasteiger partial charge in [-0.15, -0.1) is 0 Å². The Kier molecular flexibility index (Phi) is 5.15. The molecule has 0 aromatic heterocycles. The van der Waals surface area contributed by atoms with Gasteiger partial charge in [0.25, 0.3) is 0 Å². The van der Waals surface area contributed by atoms with Crippen molar-refractivity contribution in [2.45, 2.75) is 19.6 Å². The first-order chi connectivity index (χ1) is 10.0. The molecule has 0 radical (unpaired) electrons. The first kappa shape index (κ1) is 15.7. The maximum Gasteiger partial charge on any atom is 0.131 e. The van der Waals surface area contributed by atoms with Crippen LogP contribution in [0.2, 0.25) is 5.02 Å². The summed E-state index contributed by atoms with van der Waals surface area (Å²) in [6, 6.07) is 8.62. The third-order valence-electron chi connectivity index (χ3n) is 3.27. The number of benzene rings is 2. The third kappa shape index (κ3) is 3.93. The maximum atomic E-state index is 14.0. The third-order valence-corrected chi connectivity index (χ3v) is 3.64. The van der Waals surface area contributed by atoms with Gasteiger partial charge in [-0.25, -0.2) is 8.78 Å². The molecule has 0 aliphatic carbocycles. The van der Waals surface area contributed by atoms with E-state index in [0.29, 0.717) is 21.9 Å². The highest BCUT2D eigenvalue weighted by Crippen LogP contribution is 2.24. The zero-order chi connectivity index (χ0) is 15.4. The van der Waals surface area contributed by atoms with Gasteiger partial charge < -0.3 is 10.1 Å². The quantitative estimate of drug-likeness (QED) is 0.879. The molecular formula is C16H16ClF2NO. The zero-order valence-electron chi connectivity index (χ0n) is 11.8. The molecular weight excluding hydrogens is 296 g/mol. The minimum Gasteiger partial charge on any atom is -0.489 e. The Hall–Kier alpha value is -1.65. The van der Waals surface area contributed by atoms with Crippen molar-refractivity contribution < 1.29 is 13.5 Å². The predicted molar refractivity (Wildman–Crippen MR) is 79.6 cm³/mol. The second-order valence-electron chi connectivity index (χ2n) is 4.72. The average Bonchev–Trinajstić information content (AvgIpc) is 2.47. The van der Waals surface area contributed by atoms with Gasteiger partial charge in [0.2, 0.25) is 0 Å². The molecule has 1 N–H and O–H groups in total. The summed E-state index contributed by atoms with van der Waals surface area (Å²) in [6.45, 7) is 1.95. The molecule has 112 valence electrons. The fourth-order valence-corrected chi connectivity index (χ4v) is 2.09. The highest BCUT2D eigenvalue weighted by atomic mass is 35.5. The van der Waals surface area contributed by atoms with Crippen LogP contribution in [0.3, 0.4) is 0 Å². The zero-order valence-corrected chi connectivity index (χ0v) is 12.5. The van der Waals surface area contributed by atoms with Gasteiger partial charge in [0.15, 0.2) is 0 Å². The minimum atomic E-state index is -0.387. The Balaban J connectivity index is 2.10. The van der Waals surface area contributed by atoms with E-state index in [4.69, 9.17) is 16.3 Å². The van der Waals surface area contributed by atoms with Crippen LogP contribution in [-0.4, -0.2) is 7.05 Å². The van der Waals surface area contributed by atoms with Gasteiger partial charge in [0.1, 0.15) is 24.0 Å². The molecule has 2 aromatic carbocycles. The van der Waals surface area contributed by atoms with E-state index >= 15 is 0 Å².